The van der Waals surface area contributed by atoms with E-state index in [9.17, 15) is 5.11 Å². The van der Waals surface area contributed by atoms with Gasteiger partial charge in [0.05, 0.1) is 5.69 Å². The normalized spacial score (nSPS) is 12.5. The van der Waals surface area contributed by atoms with Crippen LogP contribution in [0.15, 0.2) is 28.9 Å². The number of nitrogens with zero attached hydrogens (tertiary/aromatic N) is 1. The highest BCUT2D eigenvalue weighted by Crippen LogP contribution is 2.42. The van der Waals surface area contributed by atoms with Crippen LogP contribution in [0.25, 0.3) is 11.3 Å². The van der Waals surface area contributed by atoms with Gasteiger partial charge in [-0.1, -0.05) is 53.7 Å². The molecule has 1 heterocycles. The summed E-state index contributed by atoms with van der Waals surface area (Å²) in [5, 5.41) is 10.8. The average molecular weight is 376 g/mol. The minimum atomic E-state index is -0.0927. The maximum Gasteiger partial charge on any atom is 0.125 e. The summed E-state index contributed by atoms with van der Waals surface area (Å²) in [6.45, 7) is 15.0. The molecule has 1 aromatic heterocycles. The van der Waals surface area contributed by atoms with Crippen LogP contribution in [-0.2, 0) is 10.8 Å². The first-order chi connectivity index (χ1) is 10.4. The molecule has 0 fully saturated rings. The topological polar surface area (TPSA) is 33.1 Å². The van der Waals surface area contributed by atoms with Crippen molar-refractivity contribution in [2.45, 2.75) is 59.3 Å². The van der Waals surface area contributed by atoms with E-state index in [2.05, 4.69) is 68.5 Å². The predicted molar refractivity (Wildman–Crippen MR) is 101 cm³/mol. The van der Waals surface area contributed by atoms with Crippen molar-refractivity contribution in [3.63, 3.8) is 0 Å². The van der Waals surface area contributed by atoms with Gasteiger partial charge >= 0.3 is 0 Å². The van der Waals surface area contributed by atoms with Crippen molar-refractivity contribution in [1.82, 2.24) is 4.98 Å². The molecule has 0 amide bonds. The molecule has 0 spiro atoms. The number of phenolic OH excluding ortho intramolecular Hbond substituents is 1. The number of phenols is 1. The average Bonchev–Trinajstić information content (AvgIpc) is 2.39. The summed E-state index contributed by atoms with van der Waals surface area (Å²) in [5.74, 6) is 0.302. The SMILES string of the molecule is Cc1ccc(Br)nc1-c1c(O)cc(C(C)(C)C)cc1C(C)(C)C. The lowest BCUT2D eigenvalue weighted by Crippen LogP contribution is -2.18. The van der Waals surface area contributed by atoms with Crippen molar-refractivity contribution in [2.75, 3.05) is 0 Å². The predicted octanol–water partition coefficient (Wildman–Crippen LogP) is 6.12. The maximum atomic E-state index is 10.8. The van der Waals surface area contributed by atoms with Gasteiger partial charge in [0.1, 0.15) is 10.4 Å². The smallest absolute Gasteiger partial charge is 0.125 e. The molecular formula is C20H26BrNO. The second kappa shape index (κ2) is 5.94. The second-order valence-corrected chi connectivity index (χ2v) is 9.03. The largest absolute Gasteiger partial charge is 0.507 e. The Balaban J connectivity index is 2.85. The summed E-state index contributed by atoms with van der Waals surface area (Å²) in [4.78, 5) is 4.63. The number of hydrogen-bond donors (Lipinski definition) is 1. The Labute approximate surface area is 148 Å². The first kappa shape index (κ1) is 18.0. The standard InChI is InChI=1S/C20H26BrNO/c1-12-8-9-16(21)22-18(12)17-14(20(5,6)7)10-13(11-15(17)23)19(2,3)4/h8-11,23H,1-7H3. The lowest BCUT2D eigenvalue weighted by Gasteiger charge is -2.28. The lowest BCUT2D eigenvalue weighted by molar-refractivity contribution is 0.468. The van der Waals surface area contributed by atoms with Crippen molar-refractivity contribution in [2.24, 2.45) is 0 Å². The molecule has 23 heavy (non-hydrogen) atoms. The summed E-state index contributed by atoms with van der Waals surface area (Å²) in [5.41, 5.74) is 4.87. The van der Waals surface area contributed by atoms with Crippen molar-refractivity contribution >= 4 is 15.9 Å². The van der Waals surface area contributed by atoms with Crippen LogP contribution in [-0.4, -0.2) is 10.1 Å². The van der Waals surface area contributed by atoms with Crippen LogP contribution in [0.2, 0.25) is 0 Å². The van der Waals surface area contributed by atoms with Gasteiger partial charge in [-0.05, 0) is 62.5 Å². The Morgan fingerprint density at radius 2 is 1.57 bits per heavy atom. The molecular weight excluding hydrogens is 350 g/mol. The molecule has 3 heteroatoms. The molecule has 2 aromatic rings. The number of aromatic nitrogens is 1. The van der Waals surface area contributed by atoms with E-state index in [1.54, 1.807) is 0 Å². The van der Waals surface area contributed by atoms with Gasteiger partial charge in [-0.25, -0.2) is 4.98 Å². The van der Waals surface area contributed by atoms with E-state index in [1.807, 2.05) is 25.1 Å². The fourth-order valence-electron chi connectivity index (χ4n) is 2.66. The molecule has 1 N–H and O–H groups in total. The Hall–Kier alpha value is -1.35. The third-order valence-electron chi connectivity index (χ3n) is 4.09. The van der Waals surface area contributed by atoms with Crippen LogP contribution in [0, 0.1) is 6.92 Å². The van der Waals surface area contributed by atoms with Gasteiger partial charge in [0.25, 0.3) is 0 Å². The summed E-state index contributed by atoms with van der Waals surface area (Å²) in [6, 6.07) is 8.05. The van der Waals surface area contributed by atoms with Gasteiger partial charge in [0.15, 0.2) is 0 Å². The molecule has 124 valence electrons. The highest BCUT2D eigenvalue weighted by molar-refractivity contribution is 9.10. The summed E-state index contributed by atoms with van der Waals surface area (Å²) >= 11 is 3.45. The highest BCUT2D eigenvalue weighted by atomic mass is 79.9. The minimum Gasteiger partial charge on any atom is -0.507 e. The third-order valence-corrected chi connectivity index (χ3v) is 4.53. The van der Waals surface area contributed by atoms with Crippen molar-refractivity contribution in [3.05, 3.63) is 45.6 Å². The molecule has 0 radical (unpaired) electrons. The number of aromatic hydroxyl groups is 1. The van der Waals surface area contributed by atoms with E-state index in [1.165, 1.54) is 0 Å². The number of pyridine rings is 1. The zero-order valence-electron chi connectivity index (χ0n) is 15.1. The Bertz CT molecular complexity index is 737. The molecule has 2 rings (SSSR count). The lowest BCUT2D eigenvalue weighted by atomic mass is 9.77. The van der Waals surface area contributed by atoms with Crippen LogP contribution in [0.4, 0.5) is 0 Å². The number of hydrogen-bond acceptors (Lipinski definition) is 2. The highest BCUT2D eigenvalue weighted by Gasteiger charge is 2.27. The number of benzene rings is 1. The summed E-state index contributed by atoms with van der Waals surface area (Å²) < 4.78 is 0.775. The molecule has 0 aliphatic rings. The van der Waals surface area contributed by atoms with Gasteiger partial charge in [-0.2, -0.15) is 0 Å². The molecule has 0 bridgehead atoms. The van der Waals surface area contributed by atoms with Gasteiger partial charge in [0.2, 0.25) is 0 Å². The van der Waals surface area contributed by atoms with Crippen molar-refractivity contribution < 1.29 is 5.11 Å². The van der Waals surface area contributed by atoms with Crippen LogP contribution in [0.5, 0.6) is 5.75 Å². The van der Waals surface area contributed by atoms with Crippen LogP contribution >= 0.6 is 15.9 Å². The minimum absolute atomic E-state index is 0.0181. The molecule has 0 aliphatic heterocycles. The molecule has 0 saturated carbocycles. The molecule has 0 atom stereocenters. The first-order valence-electron chi connectivity index (χ1n) is 7.93. The van der Waals surface area contributed by atoms with E-state index >= 15 is 0 Å². The number of aryl methyl sites for hydroxylation is 1. The van der Waals surface area contributed by atoms with Gasteiger partial charge < -0.3 is 5.11 Å². The van der Waals surface area contributed by atoms with Crippen LogP contribution < -0.4 is 0 Å². The van der Waals surface area contributed by atoms with Gasteiger partial charge in [-0.3, -0.25) is 0 Å². The molecule has 1 aromatic carbocycles. The van der Waals surface area contributed by atoms with Crippen LogP contribution in [0.1, 0.15) is 58.2 Å². The molecule has 0 saturated heterocycles. The zero-order chi connectivity index (χ0) is 17.6. The fraction of sp³-hybridized carbons (Fsp3) is 0.450. The summed E-state index contributed by atoms with van der Waals surface area (Å²) in [6.07, 6.45) is 0. The Kier molecular flexibility index (Phi) is 4.64. The van der Waals surface area contributed by atoms with Gasteiger partial charge in [-0.15, -0.1) is 0 Å². The van der Waals surface area contributed by atoms with E-state index in [-0.39, 0.29) is 10.8 Å². The Morgan fingerprint density at radius 1 is 0.957 bits per heavy atom. The monoisotopic (exact) mass is 375 g/mol. The van der Waals surface area contributed by atoms with Gasteiger partial charge in [0, 0.05) is 5.56 Å². The van der Waals surface area contributed by atoms with Crippen molar-refractivity contribution in [1.29, 1.82) is 0 Å². The van der Waals surface area contributed by atoms with E-state index < -0.39 is 0 Å². The van der Waals surface area contributed by atoms with Crippen molar-refractivity contribution in [3.8, 4) is 17.0 Å². The fourth-order valence-corrected chi connectivity index (χ4v) is 2.97. The third kappa shape index (κ3) is 3.77. The van der Waals surface area contributed by atoms with E-state index in [0.717, 1.165) is 32.6 Å². The van der Waals surface area contributed by atoms with E-state index in [0.29, 0.717) is 5.75 Å². The molecule has 2 nitrogen and oxygen atoms in total. The number of halogens is 1. The zero-order valence-corrected chi connectivity index (χ0v) is 16.7. The molecule has 0 unspecified atom stereocenters. The Morgan fingerprint density at radius 3 is 2.09 bits per heavy atom. The quantitative estimate of drug-likeness (QED) is 0.608. The first-order valence-corrected chi connectivity index (χ1v) is 8.72. The van der Waals surface area contributed by atoms with E-state index in [4.69, 9.17) is 0 Å². The number of rotatable bonds is 1. The summed E-state index contributed by atoms with van der Waals surface area (Å²) in [7, 11) is 0. The maximum absolute atomic E-state index is 10.8. The van der Waals surface area contributed by atoms with Crippen LogP contribution in [0.3, 0.4) is 0 Å². The second-order valence-electron chi connectivity index (χ2n) is 8.22. The molecule has 0 aliphatic carbocycles.